The Morgan fingerprint density at radius 1 is 1.09 bits per heavy atom. The number of anilines is 1. The molecular formula is C25H33Cl2N3O4. The zero-order chi connectivity index (χ0) is 24.3. The smallest absolute Gasteiger partial charge is 0.450 e. The van der Waals surface area contributed by atoms with Crippen molar-refractivity contribution in [1.29, 1.82) is 0 Å². The number of carboxylic acid groups (broad SMARTS) is 1. The van der Waals surface area contributed by atoms with Gasteiger partial charge in [0.1, 0.15) is 5.60 Å². The molecule has 5 fully saturated rings. The van der Waals surface area contributed by atoms with Gasteiger partial charge in [0.05, 0.1) is 21.3 Å². The van der Waals surface area contributed by atoms with E-state index in [0.29, 0.717) is 16.0 Å². The maximum Gasteiger partial charge on any atom is 0.506 e. The van der Waals surface area contributed by atoms with Crippen molar-refractivity contribution < 1.29 is 19.4 Å². The molecule has 1 saturated heterocycles. The first kappa shape index (κ1) is 24.0. The molecule has 2 atom stereocenters. The molecule has 7 nitrogen and oxygen atoms in total. The van der Waals surface area contributed by atoms with E-state index in [0.717, 1.165) is 64.0 Å². The second-order valence-corrected chi connectivity index (χ2v) is 11.9. The highest BCUT2D eigenvalue weighted by molar-refractivity contribution is 6.43. The third-order valence-electron chi connectivity index (χ3n) is 8.72. The van der Waals surface area contributed by atoms with Gasteiger partial charge in [0.2, 0.25) is 5.91 Å². The molecule has 1 aliphatic heterocycles. The number of amides is 1. The number of halogens is 2. The summed E-state index contributed by atoms with van der Waals surface area (Å²) in [5.74, 6) is 1.12. The number of piperazine rings is 1. The van der Waals surface area contributed by atoms with Crippen molar-refractivity contribution in [1.82, 2.24) is 10.2 Å². The molecule has 4 saturated carbocycles. The van der Waals surface area contributed by atoms with E-state index in [1.54, 1.807) is 6.07 Å². The van der Waals surface area contributed by atoms with Crippen molar-refractivity contribution >= 4 is 41.0 Å². The molecular weight excluding hydrogens is 477 g/mol. The molecule has 1 heterocycles. The van der Waals surface area contributed by atoms with Gasteiger partial charge in [-0.15, -0.1) is 0 Å². The molecule has 4 aliphatic carbocycles. The predicted octanol–water partition coefficient (Wildman–Crippen LogP) is 4.65. The second kappa shape index (κ2) is 8.75. The number of hydrogen-bond acceptors (Lipinski definition) is 5. The average molecular weight is 510 g/mol. The molecule has 1 aromatic carbocycles. The van der Waals surface area contributed by atoms with Gasteiger partial charge in [0, 0.05) is 32.2 Å². The fraction of sp³-hybridized carbons (Fsp3) is 0.680. The molecule has 1 amide bonds. The SMILES string of the molecule is CC(C)(C(=O)NC1C2CC3CC1CC(OC(=O)O)(C3)C2)N1CCN(c2cccc(Cl)c2Cl)CC1. The average Bonchev–Trinajstić information content (AvgIpc) is 2.76. The van der Waals surface area contributed by atoms with Gasteiger partial charge in [0.15, 0.2) is 0 Å². The number of hydrogen-bond donors (Lipinski definition) is 2. The quantitative estimate of drug-likeness (QED) is 0.562. The van der Waals surface area contributed by atoms with Crippen LogP contribution in [0.1, 0.15) is 46.0 Å². The van der Waals surface area contributed by atoms with Crippen LogP contribution in [0, 0.1) is 17.8 Å². The number of nitrogens with one attached hydrogen (secondary N) is 1. The fourth-order valence-corrected chi connectivity index (χ4v) is 7.63. The fourth-order valence-electron chi connectivity index (χ4n) is 7.21. The van der Waals surface area contributed by atoms with Gasteiger partial charge < -0.3 is 20.1 Å². The highest BCUT2D eigenvalue weighted by Crippen LogP contribution is 2.57. The van der Waals surface area contributed by atoms with Gasteiger partial charge >= 0.3 is 6.16 Å². The summed E-state index contributed by atoms with van der Waals surface area (Å²) in [4.78, 5) is 29.3. The van der Waals surface area contributed by atoms with E-state index in [4.69, 9.17) is 27.9 Å². The summed E-state index contributed by atoms with van der Waals surface area (Å²) >= 11 is 12.6. The van der Waals surface area contributed by atoms with E-state index in [-0.39, 0.29) is 23.8 Å². The standard InChI is InChI=1S/C25H33Cl2N3O4/c1-24(2,30-8-6-29(7-9-30)19-5-3-4-18(26)20(19)27)22(31)28-21-16-10-15-11-17(21)14-25(12-15,13-16)34-23(32)33/h3-5,15-17,21H,6-14H2,1-2H3,(H,28,31)(H,32,33). The second-order valence-electron chi connectivity index (χ2n) is 11.1. The zero-order valence-electron chi connectivity index (χ0n) is 19.7. The topological polar surface area (TPSA) is 82.1 Å². The van der Waals surface area contributed by atoms with Gasteiger partial charge in [-0.25, -0.2) is 4.79 Å². The summed E-state index contributed by atoms with van der Waals surface area (Å²) in [5, 5.41) is 13.8. The number of carbonyl (C=O) groups is 2. The van der Waals surface area contributed by atoms with Gasteiger partial charge in [-0.1, -0.05) is 29.3 Å². The van der Waals surface area contributed by atoms with Crippen LogP contribution in [0.25, 0.3) is 0 Å². The Hall–Kier alpha value is -1.70. The molecule has 5 aliphatic rings. The van der Waals surface area contributed by atoms with Crippen molar-refractivity contribution in [2.75, 3.05) is 31.1 Å². The van der Waals surface area contributed by atoms with Gasteiger partial charge in [0.25, 0.3) is 0 Å². The van der Waals surface area contributed by atoms with Gasteiger partial charge in [-0.05, 0) is 75.8 Å². The Balaban J connectivity index is 1.22. The van der Waals surface area contributed by atoms with Crippen LogP contribution in [-0.4, -0.2) is 65.4 Å². The van der Waals surface area contributed by atoms with Crippen molar-refractivity contribution in [2.45, 2.75) is 63.1 Å². The minimum atomic E-state index is -1.18. The van der Waals surface area contributed by atoms with Crippen LogP contribution in [0.5, 0.6) is 0 Å². The summed E-state index contributed by atoms with van der Waals surface area (Å²) in [6.07, 6.45) is 3.19. The molecule has 2 N–H and O–H groups in total. The Morgan fingerprint density at radius 3 is 2.35 bits per heavy atom. The van der Waals surface area contributed by atoms with Crippen molar-refractivity contribution in [3.8, 4) is 0 Å². The minimum absolute atomic E-state index is 0.0485. The zero-order valence-corrected chi connectivity index (χ0v) is 21.2. The van der Waals surface area contributed by atoms with E-state index < -0.39 is 17.3 Å². The molecule has 1 aromatic rings. The normalized spacial score (nSPS) is 33.1. The van der Waals surface area contributed by atoms with E-state index in [9.17, 15) is 14.7 Å². The summed E-state index contributed by atoms with van der Waals surface area (Å²) in [6.45, 7) is 7.02. The predicted molar refractivity (Wildman–Crippen MR) is 132 cm³/mol. The first-order chi connectivity index (χ1) is 16.1. The molecule has 0 aromatic heterocycles. The van der Waals surface area contributed by atoms with Gasteiger partial charge in [-0.3, -0.25) is 9.69 Å². The summed E-state index contributed by atoms with van der Waals surface area (Å²) in [6, 6.07) is 5.77. The lowest BCUT2D eigenvalue weighted by Gasteiger charge is -2.59. The highest BCUT2D eigenvalue weighted by Gasteiger charge is 2.58. The van der Waals surface area contributed by atoms with Crippen LogP contribution < -0.4 is 10.2 Å². The van der Waals surface area contributed by atoms with Crippen LogP contribution in [0.3, 0.4) is 0 Å². The van der Waals surface area contributed by atoms with Crippen LogP contribution in [0.15, 0.2) is 18.2 Å². The summed E-state index contributed by atoms with van der Waals surface area (Å²) in [5.41, 5.74) is -0.257. The maximum absolute atomic E-state index is 13.5. The van der Waals surface area contributed by atoms with Crippen molar-refractivity contribution in [3.05, 3.63) is 28.2 Å². The van der Waals surface area contributed by atoms with E-state index in [1.807, 2.05) is 26.0 Å². The molecule has 2 unspecified atom stereocenters. The largest absolute Gasteiger partial charge is 0.506 e. The van der Waals surface area contributed by atoms with Crippen LogP contribution >= 0.6 is 23.2 Å². The van der Waals surface area contributed by atoms with Crippen LogP contribution in [-0.2, 0) is 9.53 Å². The third-order valence-corrected chi connectivity index (χ3v) is 9.53. The third kappa shape index (κ3) is 4.24. The Labute approximate surface area is 210 Å². The van der Waals surface area contributed by atoms with Crippen molar-refractivity contribution in [2.24, 2.45) is 17.8 Å². The van der Waals surface area contributed by atoms with E-state index in [2.05, 4.69) is 15.1 Å². The Bertz CT molecular complexity index is 963. The first-order valence-corrected chi connectivity index (χ1v) is 13.0. The van der Waals surface area contributed by atoms with Crippen LogP contribution in [0.4, 0.5) is 10.5 Å². The summed E-state index contributed by atoms with van der Waals surface area (Å²) < 4.78 is 5.40. The van der Waals surface area contributed by atoms with E-state index >= 15 is 0 Å². The van der Waals surface area contributed by atoms with E-state index in [1.165, 1.54) is 0 Å². The highest BCUT2D eigenvalue weighted by atomic mass is 35.5. The molecule has 34 heavy (non-hydrogen) atoms. The number of nitrogens with zero attached hydrogens (tertiary/aromatic N) is 2. The minimum Gasteiger partial charge on any atom is -0.450 e. The molecule has 6 rings (SSSR count). The van der Waals surface area contributed by atoms with Crippen molar-refractivity contribution in [3.63, 3.8) is 0 Å². The molecule has 0 spiro atoms. The summed E-state index contributed by atoms with van der Waals surface area (Å²) in [7, 11) is 0. The Morgan fingerprint density at radius 2 is 1.74 bits per heavy atom. The first-order valence-electron chi connectivity index (χ1n) is 12.2. The molecule has 186 valence electrons. The lowest BCUT2D eigenvalue weighted by atomic mass is 9.52. The lowest BCUT2D eigenvalue weighted by Crippen LogP contribution is -2.66. The number of carbonyl (C=O) groups excluding carboxylic acids is 1. The van der Waals surface area contributed by atoms with Crippen LogP contribution in [0.2, 0.25) is 10.0 Å². The lowest BCUT2D eigenvalue weighted by molar-refractivity contribution is -0.157. The number of benzene rings is 1. The molecule has 9 heteroatoms. The monoisotopic (exact) mass is 509 g/mol. The molecule has 0 radical (unpaired) electrons. The number of rotatable bonds is 5. The molecule has 4 bridgehead atoms. The Kier molecular flexibility index (Phi) is 6.18. The maximum atomic E-state index is 13.5. The number of ether oxygens (including phenoxy) is 1. The van der Waals surface area contributed by atoms with Gasteiger partial charge in [-0.2, -0.15) is 0 Å².